The SMILES string of the molecule is C=CC(=O)Oc1ccc(-c2ccc(OP(=O)(Oc3ccc(-c4ccc(OC(=O)C=C)cc4)cc3-c3ccc(OC(=O)C=C)cc3)Oc3ccc(-c4ccc(OC(=O)C=C)cc4)cc3-c3ccc(OC(=O)C=C)cc3)c(-c3ccc(OC(=O)C=C)cc3)c2)cc1. The first-order valence-electron chi connectivity index (χ1n) is 26.8. The minimum absolute atomic E-state index is 0.0166. The van der Waals surface area contributed by atoms with Gasteiger partial charge in [0, 0.05) is 53.1 Å². The molecule has 0 aromatic heterocycles. The summed E-state index contributed by atoms with van der Waals surface area (Å²) >= 11 is 0. The van der Waals surface area contributed by atoms with E-state index in [1.54, 1.807) is 200 Å². The van der Waals surface area contributed by atoms with Crippen LogP contribution in [0.4, 0.5) is 0 Å². The summed E-state index contributed by atoms with van der Waals surface area (Å²) < 4.78 is 69.1. The van der Waals surface area contributed by atoms with E-state index in [9.17, 15) is 28.8 Å². The first kappa shape index (κ1) is 61.4. The molecule has 0 fully saturated rings. The van der Waals surface area contributed by atoms with Crippen molar-refractivity contribution in [3.63, 3.8) is 0 Å². The zero-order valence-electron chi connectivity index (χ0n) is 47.2. The normalized spacial score (nSPS) is 10.6. The molecule has 16 nitrogen and oxygen atoms in total. The molecule has 0 aliphatic carbocycles. The molecule has 9 aromatic carbocycles. The van der Waals surface area contributed by atoms with Crippen molar-refractivity contribution in [2.45, 2.75) is 0 Å². The molecule has 0 heterocycles. The Kier molecular flexibility index (Phi) is 19.4. The summed E-state index contributed by atoms with van der Waals surface area (Å²) in [7, 11) is -5.17. The Bertz CT molecular complexity index is 3840. The zero-order chi connectivity index (χ0) is 63.0. The standard InChI is InChI=1S/C72H51O16P/c1-7-67(73)80-55-28-13-46(14-29-55)52-25-40-64(61(43-52)49-19-34-58(35-20-49)83-70(76)10-4)86-89(79,87-65-41-26-53(47-15-30-56(31-16-47)81-68(74)8-2)44-62(65)50-21-36-59(37-22-50)84-71(77)11-5)88-66-42-27-54(48-17-32-57(33-18-48)82-69(75)9-3)45-63(66)51-23-38-60(39-24-51)85-72(78)12-6/h7-45H,1-6H2. The molecule has 440 valence electrons. The highest BCUT2D eigenvalue weighted by molar-refractivity contribution is 7.49. The zero-order valence-corrected chi connectivity index (χ0v) is 48.1. The van der Waals surface area contributed by atoms with Crippen LogP contribution in [0.15, 0.2) is 276 Å². The number of carbonyl (C=O) groups excluding carboxylic acids is 6. The van der Waals surface area contributed by atoms with E-state index in [4.69, 9.17) is 42.0 Å². The number of phosphoric acid groups is 1. The molecule has 0 saturated carbocycles. The van der Waals surface area contributed by atoms with E-state index in [2.05, 4.69) is 39.5 Å². The van der Waals surface area contributed by atoms with Gasteiger partial charge in [-0.05, 0) is 159 Å². The third-order valence-electron chi connectivity index (χ3n) is 12.9. The van der Waals surface area contributed by atoms with E-state index in [0.29, 0.717) is 66.8 Å². The molecule has 17 heteroatoms. The lowest BCUT2D eigenvalue weighted by atomic mass is 9.98. The van der Waals surface area contributed by atoms with Gasteiger partial charge in [0.05, 0.1) is 0 Å². The third kappa shape index (κ3) is 15.8. The predicted molar refractivity (Wildman–Crippen MR) is 336 cm³/mol. The Hall–Kier alpha value is -12.1. The van der Waals surface area contributed by atoms with Crippen LogP contribution in [0.3, 0.4) is 0 Å². The Morgan fingerprint density at radius 3 is 0.596 bits per heavy atom. The topological polar surface area (TPSA) is 203 Å². The van der Waals surface area contributed by atoms with Crippen molar-refractivity contribution in [2.24, 2.45) is 0 Å². The molecule has 0 bridgehead atoms. The van der Waals surface area contributed by atoms with Gasteiger partial charge in [-0.2, -0.15) is 4.57 Å². The molecule has 0 radical (unpaired) electrons. The Labute approximate surface area is 511 Å². The summed E-state index contributed by atoms with van der Waals surface area (Å²) in [5.41, 5.74) is 6.44. The van der Waals surface area contributed by atoms with Gasteiger partial charge in [0.1, 0.15) is 51.7 Å². The second-order valence-electron chi connectivity index (χ2n) is 18.8. The van der Waals surface area contributed by atoms with Crippen molar-refractivity contribution < 1.29 is 75.3 Å². The molecule has 0 atom stereocenters. The maximum absolute atomic E-state index is 16.6. The lowest BCUT2D eigenvalue weighted by Crippen LogP contribution is -2.10. The van der Waals surface area contributed by atoms with Gasteiger partial charge < -0.3 is 42.0 Å². The lowest BCUT2D eigenvalue weighted by molar-refractivity contribution is -0.129. The van der Waals surface area contributed by atoms with Gasteiger partial charge in [-0.15, -0.1) is 0 Å². The lowest BCUT2D eigenvalue weighted by Gasteiger charge is -2.24. The second kappa shape index (κ2) is 28.2. The van der Waals surface area contributed by atoms with Crippen molar-refractivity contribution in [1.82, 2.24) is 0 Å². The molecule has 0 saturated heterocycles. The molecule has 9 aromatic rings. The van der Waals surface area contributed by atoms with Crippen LogP contribution >= 0.6 is 7.82 Å². The maximum Gasteiger partial charge on any atom is 0.647 e. The molecular formula is C72H51O16P. The van der Waals surface area contributed by atoms with Gasteiger partial charge in [0.2, 0.25) is 0 Å². The minimum Gasteiger partial charge on any atom is -0.423 e. The Morgan fingerprint density at radius 1 is 0.247 bits per heavy atom. The highest BCUT2D eigenvalue weighted by atomic mass is 31.2. The Balaban J connectivity index is 1.23. The largest absolute Gasteiger partial charge is 0.647 e. The van der Waals surface area contributed by atoms with E-state index >= 15 is 4.57 Å². The van der Waals surface area contributed by atoms with Crippen LogP contribution in [0.25, 0.3) is 66.8 Å². The fraction of sp³-hybridized carbons (Fsp3) is 0. The van der Waals surface area contributed by atoms with E-state index in [-0.39, 0.29) is 51.7 Å². The van der Waals surface area contributed by atoms with Gasteiger partial charge >= 0.3 is 43.6 Å². The molecular weight excluding hydrogens is 1150 g/mol. The van der Waals surface area contributed by atoms with E-state index in [1.807, 2.05) is 0 Å². The summed E-state index contributed by atoms with van der Waals surface area (Å²) in [5, 5.41) is 0. The van der Waals surface area contributed by atoms with Gasteiger partial charge in [-0.3, -0.25) is 0 Å². The van der Waals surface area contributed by atoms with Gasteiger partial charge in [0.15, 0.2) is 0 Å². The molecule has 0 aliphatic rings. The number of rotatable bonds is 24. The van der Waals surface area contributed by atoms with Crippen molar-refractivity contribution in [2.75, 3.05) is 0 Å². The molecule has 0 N–H and O–H groups in total. The van der Waals surface area contributed by atoms with Crippen LogP contribution in [0.5, 0.6) is 51.7 Å². The molecule has 9 rings (SSSR count). The fourth-order valence-electron chi connectivity index (χ4n) is 8.66. The summed E-state index contributed by atoms with van der Waals surface area (Å²) in [4.78, 5) is 73.0. The number of esters is 6. The van der Waals surface area contributed by atoms with Crippen molar-refractivity contribution in [3.8, 4) is 119 Å². The average Bonchev–Trinajstić information content (AvgIpc) is 2.63. The van der Waals surface area contributed by atoms with E-state index in [0.717, 1.165) is 36.5 Å². The highest BCUT2D eigenvalue weighted by Crippen LogP contribution is 2.56. The molecule has 0 aliphatic heterocycles. The van der Waals surface area contributed by atoms with Crippen LogP contribution in [0.2, 0.25) is 0 Å². The van der Waals surface area contributed by atoms with Crippen LogP contribution in [-0.4, -0.2) is 35.8 Å². The van der Waals surface area contributed by atoms with Crippen LogP contribution in [0.1, 0.15) is 0 Å². The molecule has 0 spiro atoms. The van der Waals surface area contributed by atoms with Crippen molar-refractivity contribution in [3.05, 3.63) is 276 Å². The molecule has 0 amide bonds. The van der Waals surface area contributed by atoms with Crippen LogP contribution < -0.4 is 42.0 Å². The maximum atomic E-state index is 16.6. The van der Waals surface area contributed by atoms with Crippen LogP contribution in [0, 0.1) is 0 Å². The number of benzene rings is 9. The van der Waals surface area contributed by atoms with E-state index in [1.165, 1.54) is 0 Å². The summed E-state index contributed by atoms with van der Waals surface area (Å²) in [6, 6.07) is 54.6. The second-order valence-corrected chi connectivity index (χ2v) is 20.2. The van der Waals surface area contributed by atoms with Gasteiger partial charge in [0.25, 0.3) is 0 Å². The Morgan fingerprint density at radius 2 is 0.416 bits per heavy atom. The molecule has 0 unspecified atom stereocenters. The quantitative estimate of drug-likeness (QED) is 0.0239. The van der Waals surface area contributed by atoms with Crippen molar-refractivity contribution in [1.29, 1.82) is 0 Å². The summed E-state index contributed by atoms with van der Waals surface area (Å²) in [5.74, 6) is -2.63. The number of phosphoric ester groups is 1. The van der Waals surface area contributed by atoms with Gasteiger partial charge in [-0.25, -0.2) is 28.8 Å². The summed E-state index contributed by atoms with van der Waals surface area (Å²) in [6.45, 7) is 20.9. The number of hydrogen-bond acceptors (Lipinski definition) is 16. The number of carbonyl (C=O) groups is 6. The number of ether oxygens (including phenoxy) is 6. The average molecular weight is 1200 g/mol. The molecule has 89 heavy (non-hydrogen) atoms. The summed E-state index contributed by atoms with van der Waals surface area (Å²) in [6.07, 6.45) is 6.23. The fourth-order valence-corrected chi connectivity index (χ4v) is 9.97. The first-order valence-corrected chi connectivity index (χ1v) is 28.3. The third-order valence-corrected chi connectivity index (χ3v) is 14.2. The van der Waals surface area contributed by atoms with Gasteiger partial charge in [-0.1, -0.05) is 130 Å². The minimum atomic E-state index is -5.17. The smallest absolute Gasteiger partial charge is 0.423 e. The van der Waals surface area contributed by atoms with Crippen LogP contribution in [-0.2, 0) is 33.3 Å². The predicted octanol–water partition coefficient (Wildman–Crippen LogP) is 15.9. The highest BCUT2D eigenvalue weighted by Gasteiger charge is 2.37. The first-order chi connectivity index (χ1) is 43.0. The van der Waals surface area contributed by atoms with E-state index < -0.39 is 43.6 Å². The monoisotopic (exact) mass is 1200 g/mol. The number of hydrogen-bond donors (Lipinski definition) is 0. The van der Waals surface area contributed by atoms with Crippen molar-refractivity contribution >= 4 is 43.6 Å².